The number of anilines is 1. The average molecular weight is 343 g/mol. The fourth-order valence-corrected chi connectivity index (χ4v) is 4.25. The van der Waals surface area contributed by atoms with Crippen LogP contribution in [0.1, 0.15) is 60.6 Å². The molecule has 3 fully saturated rings. The molecule has 4 aliphatic rings. The van der Waals surface area contributed by atoms with Gasteiger partial charge in [-0.1, -0.05) is 25.7 Å². The molecule has 5 rings (SSSR count). The van der Waals surface area contributed by atoms with Crippen molar-refractivity contribution in [1.82, 2.24) is 9.97 Å². The normalized spacial score (nSPS) is 29.8. The zero-order chi connectivity index (χ0) is 17.0. The van der Waals surface area contributed by atoms with Crippen LogP contribution in [0.25, 0.3) is 0 Å². The van der Waals surface area contributed by atoms with Gasteiger partial charge in [-0.25, -0.2) is 4.98 Å². The lowest BCUT2D eigenvalue weighted by Crippen LogP contribution is -2.36. The maximum absolute atomic E-state index is 13.1. The van der Waals surface area contributed by atoms with Crippen molar-refractivity contribution < 1.29 is 14.3 Å². The van der Waals surface area contributed by atoms with Crippen molar-refractivity contribution in [2.45, 2.75) is 44.4 Å². The Morgan fingerprint density at radius 2 is 1.64 bits per heavy atom. The van der Waals surface area contributed by atoms with Gasteiger partial charge in [-0.2, -0.15) is 0 Å². The largest absolute Gasteiger partial charge is 0.378 e. The molecule has 0 bridgehead atoms. The second kappa shape index (κ2) is 5.94. The lowest BCUT2D eigenvalue weighted by molar-refractivity contribution is -0.124. The number of morpholine rings is 1. The zero-order valence-electron chi connectivity index (χ0n) is 14.5. The summed E-state index contributed by atoms with van der Waals surface area (Å²) in [6.45, 7) is 2.89. The number of nitrogens with zero attached hydrogens (tertiary/aromatic N) is 2. The summed E-state index contributed by atoms with van der Waals surface area (Å²) in [7, 11) is 0. The molecule has 2 saturated carbocycles. The molecule has 3 aliphatic carbocycles. The van der Waals surface area contributed by atoms with E-state index >= 15 is 0 Å². The van der Waals surface area contributed by atoms with Crippen molar-refractivity contribution in [1.29, 1.82) is 0 Å². The Balaban J connectivity index is 1.48. The summed E-state index contributed by atoms with van der Waals surface area (Å²) in [5.41, 5.74) is 1.33. The van der Waals surface area contributed by atoms with Gasteiger partial charge in [0.15, 0.2) is 11.6 Å². The summed E-state index contributed by atoms with van der Waals surface area (Å²) >= 11 is 0. The Morgan fingerprint density at radius 3 is 2.28 bits per heavy atom. The average Bonchev–Trinajstić information content (AvgIpc) is 3.56. The highest BCUT2D eigenvalue weighted by Gasteiger charge is 2.47. The molecule has 1 aromatic heterocycles. The quantitative estimate of drug-likeness (QED) is 0.831. The maximum atomic E-state index is 13.1. The number of rotatable bonds is 5. The number of nitrogens with one attached hydrogen (secondary N) is 1. The SMILES string of the molecule is O=C1c2nc(N3CCOCC3)[nH]c2C(CC2CC2)C(=O)C1CC1CC1. The van der Waals surface area contributed by atoms with E-state index in [9.17, 15) is 9.59 Å². The van der Waals surface area contributed by atoms with E-state index in [1.807, 2.05) is 0 Å². The van der Waals surface area contributed by atoms with Crippen molar-refractivity contribution in [2.24, 2.45) is 17.8 Å². The Morgan fingerprint density at radius 1 is 1.00 bits per heavy atom. The van der Waals surface area contributed by atoms with Gasteiger partial charge in [0.05, 0.1) is 30.7 Å². The number of hydrogen-bond donors (Lipinski definition) is 1. The summed E-state index contributed by atoms with van der Waals surface area (Å²) < 4.78 is 5.41. The zero-order valence-corrected chi connectivity index (χ0v) is 14.5. The second-order valence-corrected chi connectivity index (χ2v) is 8.15. The molecular weight excluding hydrogens is 318 g/mol. The Hall–Kier alpha value is -1.69. The number of ether oxygens (including phenoxy) is 1. The number of aromatic nitrogens is 2. The van der Waals surface area contributed by atoms with Gasteiger partial charge in [0.2, 0.25) is 5.95 Å². The van der Waals surface area contributed by atoms with Gasteiger partial charge >= 0.3 is 0 Å². The van der Waals surface area contributed by atoms with E-state index < -0.39 is 5.92 Å². The number of ketones is 2. The lowest BCUT2D eigenvalue weighted by atomic mass is 9.75. The molecule has 6 heteroatoms. The predicted octanol–water partition coefficient (Wildman–Crippen LogP) is 2.31. The number of carbonyl (C=O) groups is 2. The Labute approximate surface area is 147 Å². The summed E-state index contributed by atoms with van der Waals surface area (Å²) in [4.78, 5) is 36.2. The number of hydrogen-bond acceptors (Lipinski definition) is 5. The minimum absolute atomic E-state index is 0.0466. The Kier molecular flexibility index (Phi) is 3.69. The maximum Gasteiger partial charge on any atom is 0.203 e. The first-order valence-electron chi connectivity index (χ1n) is 9.71. The third kappa shape index (κ3) is 2.90. The smallest absolute Gasteiger partial charge is 0.203 e. The third-order valence-corrected chi connectivity index (χ3v) is 6.15. The van der Waals surface area contributed by atoms with E-state index in [1.54, 1.807) is 0 Å². The molecular formula is C19H25N3O3. The van der Waals surface area contributed by atoms with Crippen LogP contribution in [-0.4, -0.2) is 47.8 Å². The van der Waals surface area contributed by atoms with Crippen LogP contribution in [0.5, 0.6) is 0 Å². The molecule has 2 atom stereocenters. The molecule has 1 aliphatic heterocycles. The van der Waals surface area contributed by atoms with Crippen LogP contribution in [0.15, 0.2) is 0 Å². The molecule has 1 aromatic rings. The molecule has 6 nitrogen and oxygen atoms in total. The van der Waals surface area contributed by atoms with Crippen LogP contribution in [-0.2, 0) is 9.53 Å². The van der Waals surface area contributed by atoms with Crippen molar-refractivity contribution >= 4 is 17.5 Å². The minimum atomic E-state index is -0.454. The van der Waals surface area contributed by atoms with Crippen molar-refractivity contribution in [2.75, 3.05) is 31.2 Å². The molecule has 0 spiro atoms. The summed E-state index contributed by atoms with van der Waals surface area (Å²) in [6, 6.07) is 0. The van der Waals surface area contributed by atoms with Crippen LogP contribution in [0.4, 0.5) is 5.95 Å². The van der Waals surface area contributed by atoms with Crippen LogP contribution in [0, 0.1) is 17.8 Å². The van der Waals surface area contributed by atoms with Gasteiger partial charge < -0.3 is 14.6 Å². The number of Topliss-reactive ketones (excluding diaryl/α,β-unsaturated/α-hetero) is 2. The van der Waals surface area contributed by atoms with Gasteiger partial charge in [0.25, 0.3) is 0 Å². The van der Waals surface area contributed by atoms with Gasteiger partial charge in [0.1, 0.15) is 5.69 Å². The highest BCUT2D eigenvalue weighted by atomic mass is 16.5. The van der Waals surface area contributed by atoms with Crippen LogP contribution >= 0.6 is 0 Å². The first-order valence-corrected chi connectivity index (χ1v) is 9.71. The molecule has 134 valence electrons. The standard InChI is InChI=1S/C19H25N3O3/c23-17-13(9-11-1-2-11)15-16(18(24)14(17)10-12-3-4-12)21-19(20-15)22-5-7-25-8-6-22/h11-14H,1-10H2,(H,20,21). The Bertz CT molecular complexity index is 699. The molecule has 2 heterocycles. The number of imidazole rings is 1. The third-order valence-electron chi connectivity index (χ3n) is 6.15. The van der Waals surface area contributed by atoms with E-state index in [0.717, 1.165) is 50.4 Å². The van der Waals surface area contributed by atoms with Gasteiger partial charge in [-0.05, 0) is 24.7 Å². The van der Waals surface area contributed by atoms with Gasteiger partial charge in [-0.3, -0.25) is 9.59 Å². The second-order valence-electron chi connectivity index (χ2n) is 8.15. The highest BCUT2D eigenvalue weighted by Crippen LogP contribution is 2.46. The first-order chi connectivity index (χ1) is 12.2. The van der Waals surface area contributed by atoms with E-state index in [4.69, 9.17) is 4.74 Å². The topological polar surface area (TPSA) is 75.3 Å². The van der Waals surface area contributed by atoms with Crippen LogP contribution in [0.2, 0.25) is 0 Å². The number of fused-ring (bicyclic) bond motifs is 1. The number of H-pyrrole nitrogens is 1. The highest BCUT2D eigenvalue weighted by molar-refractivity contribution is 6.16. The first kappa shape index (κ1) is 15.6. The molecule has 0 radical (unpaired) electrons. The van der Waals surface area contributed by atoms with E-state index in [-0.39, 0.29) is 17.5 Å². The van der Waals surface area contributed by atoms with E-state index in [1.165, 1.54) is 12.8 Å². The number of carbonyl (C=O) groups excluding carboxylic acids is 2. The fraction of sp³-hybridized carbons (Fsp3) is 0.737. The van der Waals surface area contributed by atoms with E-state index in [0.29, 0.717) is 30.7 Å². The summed E-state index contributed by atoms with van der Waals surface area (Å²) in [6.07, 6.45) is 6.37. The minimum Gasteiger partial charge on any atom is -0.378 e. The van der Waals surface area contributed by atoms with Crippen LogP contribution in [0.3, 0.4) is 0 Å². The van der Waals surface area contributed by atoms with E-state index in [2.05, 4.69) is 14.9 Å². The summed E-state index contributed by atoms with van der Waals surface area (Å²) in [5, 5.41) is 0. The predicted molar refractivity (Wildman–Crippen MR) is 91.9 cm³/mol. The van der Waals surface area contributed by atoms with Crippen molar-refractivity contribution in [3.05, 3.63) is 11.4 Å². The molecule has 2 unspecified atom stereocenters. The summed E-state index contributed by atoms with van der Waals surface area (Å²) in [5.74, 6) is 1.44. The van der Waals surface area contributed by atoms with Gasteiger partial charge in [-0.15, -0.1) is 0 Å². The lowest BCUT2D eigenvalue weighted by Gasteiger charge is -2.26. The van der Waals surface area contributed by atoms with Crippen molar-refractivity contribution in [3.8, 4) is 0 Å². The molecule has 1 saturated heterocycles. The van der Waals surface area contributed by atoms with Crippen molar-refractivity contribution in [3.63, 3.8) is 0 Å². The fourth-order valence-electron chi connectivity index (χ4n) is 4.25. The molecule has 1 N–H and O–H groups in total. The van der Waals surface area contributed by atoms with Gasteiger partial charge in [0, 0.05) is 13.1 Å². The molecule has 25 heavy (non-hydrogen) atoms. The van der Waals surface area contributed by atoms with Crippen LogP contribution < -0.4 is 4.90 Å². The molecule has 0 aromatic carbocycles. The molecule has 0 amide bonds. The number of aromatic amines is 1. The monoisotopic (exact) mass is 343 g/mol.